The molecule has 4 rings (SSSR count). The van der Waals surface area contributed by atoms with Crippen molar-refractivity contribution in [1.82, 2.24) is 5.32 Å². The van der Waals surface area contributed by atoms with Gasteiger partial charge in [0.1, 0.15) is 0 Å². The van der Waals surface area contributed by atoms with Crippen molar-refractivity contribution in [3.05, 3.63) is 52.2 Å². The smallest absolute Gasteiger partial charge is 0.232 e. The molecule has 26 heavy (non-hydrogen) atoms. The maximum absolute atomic E-state index is 12.9. The molecule has 3 heterocycles. The van der Waals surface area contributed by atoms with E-state index in [9.17, 15) is 9.59 Å². The number of amides is 2. The molecule has 0 radical (unpaired) electrons. The number of nitrogens with one attached hydrogen (secondary N) is 1. The second-order valence-electron chi connectivity index (χ2n) is 6.39. The highest BCUT2D eigenvalue weighted by Crippen LogP contribution is 2.43. The monoisotopic (exact) mass is 385 g/mol. The third kappa shape index (κ3) is 3.29. The van der Waals surface area contributed by atoms with Crippen molar-refractivity contribution in [3.8, 4) is 0 Å². The number of anilines is 1. The number of amidine groups is 1. The summed E-state index contributed by atoms with van der Waals surface area (Å²) in [4.78, 5) is 32.8. The second kappa shape index (κ2) is 7.25. The molecule has 1 N–H and O–H groups in total. The number of nitrogens with zero attached hydrogens (tertiary/aromatic N) is 2. The quantitative estimate of drug-likeness (QED) is 0.881. The Balaban J connectivity index is 1.67. The maximum atomic E-state index is 12.9. The van der Waals surface area contributed by atoms with Gasteiger partial charge >= 0.3 is 0 Å². The first-order valence-corrected chi connectivity index (χ1v) is 10.4. The van der Waals surface area contributed by atoms with Crippen LogP contribution < -0.4 is 10.2 Å². The van der Waals surface area contributed by atoms with Crippen molar-refractivity contribution in [1.29, 1.82) is 0 Å². The molecule has 2 atom stereocenters. The number of thioether (sulfide) groups is 1. The second-order valence-corrected chi connectivity index (χ2v) is 8.46. The summed E-state index contributed by atoms with van der Waals surface area (Å²) < 4.78 is 0. The molecule has 2 aromatic rings. The lowest BCUT2D eigenvalue weighted by molar-refractivity contribution is -0.125. The molecule has 2 aliphatic heterocycles. The van der Waals surface area contributed by atoms with Crippen LogP contribution in [0.25, 0.3) is 0 Å². The molecule has 5 nitrogen and oxygen atoms in total. The lowest BCUT2D eigenvalue weighted by Gasteiger charge is -2.27. The lowest BCUT2D eigenvalue weighted by Crippen LogP contribution is -2.37. The fraction of sp³-hybridized carbons (Fsp3) is 0.316. The van der Waals surface area contributed by atoms with Gasteiger partial charge in [0.15, 0.2) is 5.17 Å². The van der Waals surface area contributed by atoms with Gasteiger partial charge in [-0.05, 0) is 30.5 Å². The van der Waals surface area contributed by atoms with Gasteiger partial charge < -0.3 is 10.2 Å². The van der Waals surface area contributed by atoms with E-state index in [2.05, 4.69) is 10.3 Å². The standard InChI is InChI=1S/C19H19N3O2S2/c1-12-4-6-13(7-5-12)22-16(23)11-14(17(22)15-3-2-9-25-15)18(24)21-19-20-8-10-26-19/h2-7,9,14,17H,8,10-11H2,1H3,(H,20,21,24)/t14-,17+/m0/s1. The SMILES string of the molecule is Cc1ccc(N2C(=O)C[C@H](C(=O)NC3=NCCS3)[C@@H]2c2cccs2)cc1. The summed E-state index contributed by atoms with van der Waals surface area (Å²) >= 11 is 3.13. The van der Waals surface area contributed by atoms with Gasteiger partial charge in [0.25, 0.3) is 0 Å². The topological polar surface area (TPSA) is 61.8 Å². The normalized spacial score (nSPS) is 22.6. The molecule has 0 aliphatic carbocycles. The molecule has 0 bridgehead atoms. The van der Waals surface area contributed by atoms with E-state index in [1.54, 1.807) is 28.0 Å². The fourth-order valence-electron chi connectivity index (χ4n) is 3.37. The Kier molecular flexibility index (Phi) is 4.82. The molecule has 1 fully saturated rings. The predicted molar refractivity (Wildman–Crippen MR) is 107 cm³/mol. The maximum Gasteiger partial charge on any atom is 0.232 e. The highest BCUT2D eigenvalue weighted by atomic mass is 32.2. The summed E-state index contributed by atoms with van der Waals surface area (Å²) in [5.74, 6) is 0.322. The van der Waals surface area contributed by atoms with Crippen LogP contribution in [0.3, 0.4) is 0 Å². The zero-order valence-electron chi connectivity index (χ0n) is 14.3. The van der Waals surface area contributed by atoms with Gasteiger partial charge in [0.2, 0.25) is 11.8 Å². The first-order chi connectivity index (χ1) is 12.6. The van der Waals surface area contributed by atoms with Gasteiger partial charge in [-0.2, -0.15) is 0 Å². The van der Waals surface area contributed by atoms with Crippen LogP contribution in [0.2, 0.25) is 0 Å². The average molecular weight is 386 g/mol. The molecule has 2 amide bonds. The summed E-state index contributed by atoms with van der Waals surface area (Å²) in [6, 6.07) is 11.6. The van der Waals surface area contributed by atoms with Crippen molar-refractivity contribution in [2.24, 2.45) is 10.9 Å². The van der Waals surface area contributed by atoms with E-state index in [4.69, 9.17) is 0 Å². The van der Waals surface area contributed by atoms with Gasteiger partial charge in [-0.3, -0.25) is 14.6 Å². The van der Waals surface area contributed by atoms with Crippen LogP contribution in [-0.4, -0.2) is 29.3 Å². The van der Waals surface area contributed by atoms with Crippen LogP contribution in [0.1, 0.15) is 22.9 Å². The molecule has 7 heteroatoms. The van der Waals surface area contributed by atoms with Gasteiger partial charge in [0, 0.05) is 22.7 Å². The summed E-state index contributed by atoms with van der Waals surface area (Å²) in [5, 5.41) is 5.57. The van der Waals surface area contributed by atoms with Crippen molar-refractivity contribution in [2.75, 3.05) is 17.2 Å². The van der Waals surface area contributed by atoms with E-state index in [1.807, 2.05) is 48.7 Å². The van der Waals surface area contributed by atoms with Gasteiger partial charge in [-0.15, -0.1) is 11.3 Å². The molecule has 1 saturated heterocycles. The van der Waals surface area contributed by atoms with Crippen LogP contribution in [0, 0.1) is 12.8 Å². The molecule has 0 unspecified atom stereocenters. The number of aryl methyl sites for hydroxylation is 1. The van der Waals surface area contributed by atoms with Crippen LogP contribution in [0.4, 0.5) is 5.69 Å². The fourth-order valence-corrected chi connectivity index (χ4v) is 4.98. The van der Waals surface area contributed by atoms with E-state index in [1.165, 1.54) is 0 Å². The van der Waals surface area contributed by atoms with E-state index in [-0.39, 0.29) is 24.3 Å². The molecular weight excluding hydrogens is 366 g/mol. The molecule has 0 saturated carbocycles. The molecule has 1 aromatic heterocycles. The Morgan fingerprint density at radius 1 is 1.27 bits per heavy atom. The first kappa shape index (κ1) is 17.3. The summed E-state index contributed by atoms with van der Waals surface area (Å²) in [5.41, 5.74) is 1.97. The highest BCUT2D eigenvalue weighted by molar-refractivity contribution is 8.14. The zero-order valence-corrected chi connectivity index (χ0v) is 16.0. The number of thiophene rings is 1. The third-order valence-electron chi connectivity index (χ3n) is 4.62. The van der Waals surface area contributed by atoms with Gasteiger partial charge in [0.05, 0.1) is 18.5 Å². The minimum absolute atomic E-state index is 0.0200. The molecule has 0 spiro atoms. The van der Waals surface area contributed by atoms with Crippen LogP contribution >= 0.6 is 23.1 Å². The minimum atomic E-state index is -0.425. The Morgan fingerprint density at radius 3 is 2.73 bits per heavy atom. The van der Waals surface area contributed by atoms with E-state index in [0.717, 1.165) is 28.4 Å². The third-order valence-corrected chi connectivity index (χ3v) is 6.46. The molecular formula is C19H19N3O2S2. The number of carbonyl (C=O) groups is 2. The Morgan fingerprint density at radius 2 is 2.08 bits per heavy atom. The number of carbonyl (C=O) groups excluding carboxylic acids is 2. The number of hydrogen-bond donors (Lipinski definition) is 1. The van der Waals surface area contributed by atoms with Crippen LogP contribution in [-0.2, 0) is 9.59 Å². The molecule has 1 aromatic carbocycles. The zero-order chi connectivity index (χ0) is 18.1. The first-order valence-electron chi connectivity index (χ1n) is 8.54. The van der Waals surface area contributed by atoms with Crippen molar-refractivity contribution >= 4 is 45.8 Å². The molecule has 2 aliphatic rings. The van der Waals surface area contributed by atoms with E-state index < -0.39 is 5.92 Å². The van der Waals surface area contributed by atoms with Crippen molar-refractivity contribution < 1.29 is 9.59 Å². The highest BCUT2D eigenvalue weighted by Gasteiger charge is 2.46. The van der Waals surface area contributed by atoms with E-state index >= 15 is 0 Å². The van der Waals surface area contributed by atoms with Crippen LogP contribution in [0.5, 0.6) is 0 Å². The van der Waals surface area contributed by atoms with Crippen molar-refractivity contribution in [2.45, 2.75) is 19.4 Å². The lowest BCUT2D eigenvalue weighted by atomic mass is 9.97. The number of benzene rings is 1. The summed E-state index contributed by atoms with van der Waals surface area (Å²) in [7, 11) is 0. The van der Waals surface area contributed by atoms with Gasteiger partial charge in [-0.1, -0.05) is 35.5 Å². The van der Waals surface area contributed by atoms with Gasteiger partial charge in [-0.25, -0.2) is 0 Å². The minimum Gasteiger partial charge on any atom is -0.305 e. The van der Waals surface area contributed by atoms with Crippen LogP contribution in [0.15, 0.2) is 46.8 Å². The number of aliphatic imine (C=N–C) groups is 1. The Hall–Kier alpha value is -2.12. The Labute approximate surface area is 160 Å². The average Bonchev–Trinajstić information content (AvgIpc) is 3.36. The van der Waals surface area contributed by atoms with E-state index in [0.29, 0.717) is 5.17 Å². The summed E-state index contributed by atoms with van der Waals surface area (Å²) in [6.07, 6.45) is 0.209. The Bertz CT molecular complexity index is 846. The number of hydrogen-bond acceptors (Lipinski definition) is 5. The predicted octanol–water partition coefficient (Wildman–Crippen LogP) is 3.37. The largest absolute Gasteiger partial charge is 0.305 e. The summed E-state index contributed by atoms with van der Waals surface area (Å²) in [6.45, 7) is 2.75. The number of rotatable bonds is 3. The van der Waals surface area contributed by atoms with Crippen molar-refractivity contribution in [3.63, 3.8) is 0 Å². The molecule has 134 valence electrons.